The summed E-state index contributed by atoms with van der Waals surface area (Å²) in [6.07, 6.45) is 0. The Morgan fingerprint density at radius 3 is 2.35 bits per heavy atom. The van der Waals surface area contributed by atoms with E-state index in [1.54, 1.807) is 0 Å². The molecule has 1 aromatic heterocycles. The van der Waals surface area contributed by atoms with Crippen molar-refractivity contribution in [2.45, 2.75) is 26.7 Å². The zero-order chi connectivity index (χ0) is 14.9. The summed E-state index contributed by atoms with van der Waals surface area (Å²) in [5, 5.41) is 20.8. The maximum atomic E-state index is 9.54. The number of ether oxygens (including phenoxy) is 1. The molecule has 1 aromatic rings. The van der Waals surface area contributed by atoms with Crippen LogP contribution in [0, 0.1) is 28.1 Å². The van der Waals surface area contributed by atoms with Crippen LogP contribution in [0.25, 0.3) is 0 Å². The van der Waals surface area contributed by atoms with Gasteiger partial charge in [0.25, 0.3) is 0 Å². The van der Waals surface area contributed by atoms with E-state index in [-0.39, 0.29) is 11.3 Å². The van der Waals surface area contributed by atoms with Gasteiger partial charge < -0.3 is 10.5 Å². The van der Waals surface area contributed by atoms with Crippen LogP contribution in [0.5, 0.6) is 0 Å². The van der Waals surface area contributed by atoms with Gasteiger partial charge in [-0.1, -0.05) is 26.8 Å². The van der Waals surface area contributed by atoms with Crippen molar-refractivity contribution in [3.8, 4) is 12.1 Å². The highest BCUT2D eigenvalue weighted by Gasteiger charge is 2.37. The van der Waals surface area contributed by atoms with Gasteiger partial charge in [0, 0.05) is 10.3 Å². The molecule has 1 aliphatic rings. The number of thiophene rings is 1. The van der Waals surface area contributed by atoms with Gasteiger partial charge in [0.15, 0.2) is 0 Å². The van der Waals surface area contributed by atoms with Crippen LogP contribution in [0.3, 0.4) is 0 Å². The van der Waals surface area contributed by atoms with Crippen molar-refractivity contribution in [1.29, 1.82) is 10.5 Å². The quantitative estimate of drug-likeness (QED) is 0.857. The van der Waals surface area contributed by atoms with Crippen LogP contribution in [-0.4, -0.2) is 0 Å². The van der Waals surface area contributed by atoms with Crippen molar-refractivity contribution < 1.29 is 4.74 Å². The van der Waals surface area contributed by atoms with Crippen LogP contribution in [0.1, 0.15) is 31.6 Å². The van der Waals surface area contributed by atoms with E-state index >= 15 is 0 Å². The molecule has 1 atom stereocenters. The van der Waals surface area contributed by atoms with Gasteiger partial charge in [0.05, 0.1) is 17.6 Å². The van der Waals surface area contributed by atoms with E-state index in [0.717, 1.165) is 4.88 Å². The number of nitrogens with zero attached hydrogens (tertiary/aromatic N) is 2. The first-order valence-electron chi connectivity index (χ1n) is 6.16. The zero-order valence-corrected chi connectivity index (χ0v) is 12.4. The van der Waals surface area contributed by atoms with E-state index in [2.05, 4.69) is 12.1 Å². The number of rotatable bonds is 1. The van der Waals surface area contributed by atoms with E-state index in [1.807, 2.05) is 38.3 Å². The van der Waals surface area contributed by atoms with E-state index in [1.165, 1.54) is 11.3 Å². The number of allylic oxidation sites excluding steroid dienone is 3. The molecule has 0 fully saturated rings. The SMILES string of the molecule is CC(C)(C)C1=C(C#N)[C@H](c2cccs2)C(C#N)=C(N)O1. The molecule has 4 nitrogen and oxygen atoms in total. The molecule has 0 bridgehead atoms. The zero-order valence-electron chi connectivity index (χ0n) is 11.6. The molecular weight excluding hydrogens is 270 g/mol. The number of hydrogen-bond acceptors (Lipinski definition) is 5. The molecule has 1 aliphatic heterocycles. The molecular formula is C15H15N3OS. The molecule has 102 valence electrons. The fourth-order valence-electron chi connectivity index (χ4n) is 2.17. The predicted octanol–water partition coefficient (Wildman–Crippen LogP) is 3.38. The van der Waals surface area contributed by atoms with E-state index in [9.17, 15) is 10.5 Å². The van der Waals surface area contributed by atoms with Crippen LogP contribution in [0.2, 0.25) is 0 Å². The molecule has 0 aliphatic carbocycles. The highest BCUT2D eigenvalue weighted by molar-refractivity contribution is 7.10. The lowest BCUT2D eigenvalue weighted by atomic mass is 9.81. The molecule has 0 saturated heterocycles. The van der Waals surface area contributed by atoms with Crippen molar-refractivity contribution in [2.75, 3.05) is 0 Å². The smallest absolute Gasteiger partial charge is 0.205 e. The molecule has 5 heteroatoms. The predicted molar refractivity (Wildman–Crippen MR) is 77.1 cm³/mol. The Morgan fingerprint density at radius 2 is 1.90 bits per heavy atom. The maximum absolute atomic E-state index is 9.54. The summed E-state index contributed by atoms with van der Waals surface area (Å²) in [6.45, 7) is 5.86. The molecule has 2 N–H and O–H groups in total. The highest BCUT2D eigenvalue weighted by atomic mass is 32.1. The maximum Gasteiger partial charge on any atom is 0.205 e. The standard InChI is InChI=1S/C15H15N3OS/c1-15(2,3)13-9(7-16)12(11-5-4-6-20-11)10(8-17)14(18)19-13/h4-6,12H,18H2,1-3H3/t12-/m0/s1. The van der Waals surface area contributed by atoms with Crippen LogP contribution in [-0.2, 0) is 4.74 Å². The summed E-state index contributed by atoms with van der Waals surface area (Å²) in [7, 11) is 0. The van der Waals surface area contributed by atoms with Gasteiger partial charge in [-0.05, 0) is 11.4 Å². The fourth-order valence-corrected chi connectivity index (χ4v) is 3.01. The van der Waals surface area contributed by atoms with Crippen LogP contribution >= 0.6 is 11.3 Å². The number of hydrogen-bond donors (Lipinski definition) is 1. The molecule has 2 heterocycles. The van der Waals surface area contributed by atoms with Gasteiger partial charge in [-0.2, -0.15) is 10.5 Å². The van der Waals surface area contributed by atoms with Crippen LogP contribution in [0.4, 0.5) is 0 Å². The second-order valence-corrected chi connectivity index (χ2v) is 6.52. The third-order valence-corrected chi connectivity index (χ3v) is 3.99. The van der Waals surface area contributed by atoms with Gasteiger partial charge in [-0.3, -0.25) is 0 Å². The van der Waals surface area contributed by atoms with E-state index < -0.39 is 5.92 Å². The molecule has 20 heavy (non-hydrogen) atoms. The molecule has 0 spiro atoms. The molecule has 0 amide bonds. The Kier molecular flexibility index (Phi) is 3.57. The van der Waals surface area contributed by atoms with Crippen molar-refractivity contribution in [2.24, 2.45) is 11.1 Å². The Morgan fingerprint density at radius 1 is 1.25 bits per heavy atom. The van der Waals surface area contributed by atoms with E-state index in [4.69, 9.17) is 10.5 Å². The monoisotopic (exact) mass is 285 g/mol. The second-order valence-electron chi connectivity index (χ2n) is 5.54. The summed E-state index contributed by atoms with van der Waals surface area (Å²) in [4.78, 5) is 0.922. The van der Waals surface area contributed by atoms with Gasteiger partial charge in [-0.25, -0.2) is 0 Å². The molecule has 0 unspecified atom stereocenters. The van der Waals surface area contributed by atoms with Gasteiger partial charge in [-0.15, -0.1) is 11.3 Å². The Bertz CT molecular complexity index is 663. The third-order valence-electron chi connectivity index (χ3n) is 3.05. The lowest BCUT2D eigenvalue weighted by Crippen LogP contribution is -2.26. The van der Waals surface area contributed by atoms with Crippen LogP contribution < -0.4 is 5.73 Å². The average Bonchev–Trinajstić information content (AvgIpc) is 2.89. The first kappa shape index (κ1) is 14.2. The van der Waals surface area contributed by atoms with Crippen molar-refractivity contribution in [3.63, 3.8) is 0 Å². The largest absolute Gasteiger partial charge is 0.443 e. The third kappa shape index (κ3) is 2.29. The van der Waals surface area contributed by atoms with E-state index in [0.29, 0.717) is 16.9 Å². The Hall–Kier alpha value is -2.24. The molecule has 0 aromatic carbocycles. The fraction of sp³-hybridized carbons (Fsp3) is 0.333. The van der Waals surface area contributed by atoms with Crippen LogP contribution in [0.15, 0.2) is 40.3 Å². The number of nitriles is 2. The van der Waals surface area contributed by atoms with Crippen molar-refractivity contribution in [3.05, 3.63) is 45.2 Å². The normalized spacial score (nSPS) is 19.4. The van der Waals surface area contributed by atoms with Crippen molar-refractivity contribution in [1.82, 2.24) is 0 Å². The average molecular weight is 285 g/mol. The van der Waals surface area contributed by atoms with Gasteiger partial charge in [0.2, 0.25) is 5.88 Å². The Labute approximate surface area is 122 Å². The highest BCUT2D eigenvalue weighted by Crippen LogP contribution is 2.44. The Balaban J connectivity index is 2.69. The number of nitrogens with two attached hydrogens (primary N) is 1. The van der Waals surface area contributed by atoms with Gasteiger partial charge in [0.1, 0.15) is 17.4 Å². The van der Waals surface area contributed by atoms with Crippen molar-refractivity contribution >= 4 is 11.3 Å². The first-order chi connectivity index (χ1) is 9.40. The lowest BCUT2D eigenvalue weighted by molar-refractivity contribution is 0.199. The minimum Gasteiger partial charge on any atom is -0.443 e. The summed E-state index contributed by atoms with van der Waals surface area (Å²) in [5.41, 5.74) is 6.30. The summed E-state index contributed by atoms with van der Waals surface area (Å²) >= 11 is 1.50. The topological polar surface area (TPSA) is 82.8 Å². The molecule has 2 rings (SSSR count). The first-order valence-corrected chi connectivity index (χ1v) is 7.03. The molecule has 0 saturated carbocycles. The summed E-state index contributed by atoms with van der Waals surface area (Å²) in [6, 6.07) is 8.08. The minimum atomic E-state index is -0.423. The summed E-state index contributed by atoms with van der Waals surface area (Å²) in [5.74, 6) is 0.206. The van der Waals surface area contributed by atoms with Gasteiger partial charge >= 0.3 is 0 Å². The minimum absolute atomic E-state index is 0.0924. The summed E-state index contributed by atoms with van der Waals surface area (Å²) < 4.78 is 5.58. The lowest BCUT2D eigenvalue weighted by Gasteiger charge is -2.31. The molecule has 0 radical (unpaired) electrons. The second kappa shape index (κ2) is 5.03.